The van der Waals surface area contributed by atoms with Crippen LogP contribution in [0.2, 0.25) is 36.3 Å². The van der Waals surface area contributed by atoms with Crippen LogP contribution in [0.25, 0.3) is 0 Å². The lowest BCUT2D eigenvalue weighted by atomic mass is 9.62. The van der Waals surface area contributed by atoms with E-state index in [9.17, 15) is 5.11 Å². The van der Waals surface area contributed by atoms with Crippen molar-refractivity contribution in [2.24, 2.45) is 17.3 Å². The molecule has 0 spiro atoms. The molecule has 0 aromatic carbocycles. The van der Waals surface area contributed by atoms with Crippen molar-refractivity contribution in [3.63, 3.8) is 0 Å². The summed E-state index contributed by atoms with van der Waals surface area (Å²) in [6.45, 7) is 36.5. The normalized spacial score (nSPS) is 30.1. The zero-order valence-electron chi connectivity index (χ0n) is 31.6. The summed E-state index contributed by atoms with van der Waals surface area (Å²) in [6, 6.07) is 0. The summed E-state index contributed by atoms with van der Waals surface area (Å²) in [5.41, 5.74) is 5.04. The molecule has 0 bridgehead atoms. The fourth-order valence-electron chi connectivity index (χ4n) is 6.95. The summed E-state index contributed by atoms with van der Waals surface area (Å²) in [6.07, 6.45) is 22.3. The highest BCUT2D eigenvalue weighted by Crippen LogP contribution is 2.56. The average molecular weight is 653 g/mol. The molecule has 2 saturated carbocycles. The van der Waals surface area contributed by atoms with Gasteiger partial charge in [-0.25, -0.2) is 0 Å². The van der Waals surface area contributed by atoms with Gasteiger partial charge in [0.25, 0.3) is 0 Å². The lowest BCUT2D eigenvalue weighted by Gasteiger charge is -2.45. The third kappa shape index (κ3) is 9.22. The van der Waals surface area contributed by atoms with Gasteiger partial charge in [0.15, 0.2) is 16.6 Å². The molecule has 3 rings (SSSR count). The summed E-state index contributed by atoms with van der Waals surface area (Å²) >= 11 is 0. The molecule has 0 heterocycles. The van der Waals surface area contributed by atoms with Crippen molar-refractivity contribution >= 4 is 16.6 Å². The Bertz CT molecular complexity index is 1230. The molecule has 3 aliphatic rings. The minimum absolute atomic E-state index is 0.00789. The Kier molecular flexibility index (Phi) is 11.6. The van der Waals surface area contributed by atoms with Gasteiger partial charge >= 0.3 is 0 Å². The van der Waals surface area contributed by atoms with Crippen LogP contribution in [0.3, 0.4) is 0 Å². The number of fused-ring (bicyclic) bond motifs is 1. The lowest BCUT2D eigenvalue weighted by molar-refractivity contribution is 0.0969. The minimum atomic E-state index is -1.99. The van der Waals surface area contributed by atoms with Crippen molar-refractivity contribution in [2.75, 3.05) is 0 Å². The molecular weight excluding hydrogens is 585 g/mol. The van der Waals surface area contributed by atoms with Crippen molar-refractivity contribution in [1.29, 1.82) is 0 Å². The maximum atomic E-state index is 10.0. The molecule has 0 aromatic heterocycles. The summed E-state index contributed by atoms with van der Waals surface area (Å²) in [4.78, 5) is 0. The predicted molar refractivity (Wildman–Crippen MR) is 201 cm³/mol. The van der Waals surface area contributed by atoms with E-state index in [2.05, 4.69) is 119 Å². The monoisotopic (exact) mass is 652 g/mol. The van der Waals surface area contributed by atoms with E-state index in [0.29, 0.717) is 11.8 Å². The lowest BCUT2D eigenvalue weighted by Crippen LogP contribution is -2.49. The predicted octanol–water partition coefficient (Wildman–Crippen LogP) is 11.6. The number of hydrogen-bond donors (Lipinski definition) is 1. The molecule has 0 aromatic rings. The van der Waals surface area contributed by atoms with Gasteiger partial charge in [0.1, 0.15) is 0 Å². The molecule has 1 N–H and O–H groups in total. The zero-order valence-corrected chi connectivity index (χ0v) is 33.6. The Labute approximate surface area is 280 Å². The van der Waals surface area contributed by atoms with E-state index in [1.807, 2.05) is 26.0 Å². The number of allylic oxidation sites excluding steroid dienone is 8. The Morgan fingerprint density at radius 1 is 0.956 bits per heavy atom. The summed E-state index contributed by atoms with van der Waals surface area (Å²) in [7, 11) is -3.93. The van der Waals surface area contributed by atoms with Gasteiger partial charge in [0.2, 0.25) is 0 Å². The first kappa shape index (κ1) is 38.2. The number of hydrogen-bond acceptors (Lipinski definition) is 3. The van der Waals surface area contributed by atoms with E-state index in [1.165, 1.54) is 24.8 Å². The SMILES string of the molecule is C=C1/C(=C\C=C2/CCC[C@]3(C)C([C@H](C)/C=C/C=C/C(C)(C)O)=CC[C@@H]23)C[C@@H](O[Si](C)(C)C(C)(C)C)C[C@@H]1O[Si](C)(C)C(C)(C)C. The van der Waals surface area contributed by atoms with Crippen LogP contribution in [0.4, 0.5) is 0 Å². The van der Waals surface area contributed by atoms with Gasteiger partial charge in [-0.15, -0.1) is 0 Å². The topological polar surface area (TPSA) is 38.7 Å². The van der Waals surface area contributed by atoms with E-state index in [4.69, 9.17) is 8.85 Å². The second kappa shape index (κ2) is 13.7. The third-order valence-electron chi connectivity index (χ3n) is 11.9. The van der Waals surface area contributed by atoms with Gasteiger partial charge in [-0.2, -0.15) is 0 Å². The van der Waals surface area contributed by atoms with Crippen LogP contribution in [-0.2, 0) is 8.85 Å². The summed E-state index contributed by atoms with van der Waals surface area (Å²) in [5.74, 6) is 0.931. The van der Waals surface area contributed by atoms with Gasteiger partial charge in [-0.3, -0.25) is 0 Å². The maximum Gasteiger partial charge on any atom is 0.192 e. The molecule has 3 aliphatic carbocycles. The van der Waals surface area contributed by atoms with Gasteiger partial charge in [0, 0.05) is 6.42 Å². The average Bonchev–Trinajstić information content (AvgIpc) is 3.22. The minimum Gasteiger partial charge on any atom is -0.413 e. The second-order valence-electron chi connectivity index (χ2n) is 18.2. The Balaban J connectivity index is 1.89. The highest BCUT2D eigenvalue weighted by atomic mass is 28.4. The largest absolute Gasteiger partial charge is 0.413 e. The molecular formula is C40H68O3Si2. The second-order valence-corrected chi connectivity index (χ2v) is 27.7. The van der Waals surface area contributed by atoms with Gasteiger partial charge in [-0.05, 0) is 111 Å². The number of aliphatic hydroxyl groups is 1. The highest BCUT2D eigenvalue weighted by molar-refractivity contribution is 6.74. The Morgan fingerprint density at radius 3 is 2.13 bits per heavy atom. The van der Waals surface area contributed by atoms with Crippen LogP contribution in [0, 0.1) is 17.3 Å². The van der Waals surface area contributed by atoms with Crippen LogP contribution < -0.4 is 0 Å². The first-order chi connectivity index (χ1) is 20.4. The third-order valence-corrected chi connectivity index (χ3v) is 20.9. The molecule has 0 radical (unpaired) electrons. The summed E-state index contributed by atoms with van der Waals surface area (Å²) in [5, 5.41) is 10.3. The van der Waals surface area contributed by atoms with Gasteiger partial charge in [0.05, 0.1) is 17.8 Å². The molecule has 5 heteroatoms. The van der Waals surface area contributed by atoms with Crippen LogP contribution in [0.15, 0.2) is 71.4 Å². The zero-order chi connectivity index (χ0) is 34.2. The van der Waals surface area contributed by atoms with Crippen molar-refractivity contribution in [1.82, 2.24) is 0 Å². The van der Waals surface area contributed by atoms with Gasteiger partial charge < -0.3 is 14.0 Å². The molecule has 3 nitrogen and oxygen atoms in total. The standard InChI is InChI=1S/C40H68O3Si2/c1-29(19-16-17-25-39(9,10)41)34-23-24-35-31(20-18-26-40(34,35)11)21-22-32-27-33(42-44(12,13)37(3,4)5)28-36(30(32)2)43-45(14,15)38(6,7)8/h16-17,19,21-23,25,29,33,35-36,41H,2,18,20,24,26-28H2,1,3-15H3/b19-16+,25-17+,31-21+,32-22-/t29-,33-,35+,36+,40-/m1/s1. The van der Waals surface area contributed by atoms with Crippen LogP contribution in [-0.4, -0.2) is 39.6 Å². The quantitative estimate of drug-likeness (QED) is 0.153. The van der Waals surface area contributed by atoms with E-state index in [1.54, 1.807) is 11.1 Å². The highest BCUT2D eigenvalue weighted by Gasteiger charge is 2.47. The molecule has 2 fully saturated rings. The Morgan fingerprint density at radius 2 is 1.56 bits per heavy atom. The molecule has 0 aliphatic heterocycles. The van der Waals surface area contributed by atoms with Crippen LogP contribution >= 0.6 is 0 Å². The molecule has 45 heavy (non-hydrogen) atoms. The van der Waals surface area contributed by atoms with Crippen LogP contribution in [0.5, 0.6) is 0 Å². The smallest absolute Gasteiger partial charge is 0.192 e. The molecule has 254 valence electrons. The summed E-state index contributed by atoms with van der Waals surface area (Å²) < 4.78 is 14.1. The van der Waals surface area contributed by atoms with Crippen molar-refractivity contribution in [3.8, 4) is 0 Å². The van der Waals surface area contributed by atoms with Crippen molar-refractivity contribution in [3.05, 3.63) is 71.4 Å². The fourth-order valence-corrected chi connectivity index (χ4v) is 9.62. The van der Waals surface area contributed by atoms with E-state index in [0.717, 1.165) is 24.8 Å². The molecule has 0 amide bonds. The van der Waals surface area contributed by atoms with E-state index >= 15 is 0 Å². The Hall–Kier alpha value is -1.25. The van der Waals surface area contributed by atoms with E-state index in [-0.39, 0.29) is 27.7 Å². The maximum absolute atomic E-state index is 10.0. The molecule has 0 saturated heterocycles. The number of rotatable bonds is 9. The fraction of sp³-hybridized carbons (Fsp3) is 0.700. The van der Waals surface area contributed by atoms with Crippen molar-refractivity contribution < 1.29 is 14.0 Å². The molecule has 5 atom stereocenters. The van der Waals surface area contributed by atoms with Crippen molar-refractivity contribution in [2.45, 2.75) is 162 Å². The molecule has 0 unspecified atom stereocenters. The van der Waals surface area contributed by atoms with Gasteiger partial charge in [-0.1, -0.05) is 116 Å². The first-order valence-electron chi connectivity index (χ1n) is 17.6. The van der Waals surface area contributed by atoms with Crippen LogP contribution in [0.1, 0.15) is 108 Å². The van der Waals surface area contributed by atoms with E-state index < -0.39 is 22.2 Å². The first-order valence-corrected chi connectivity index (χ1v) is 23.4.